The Morgan fingerprint density at radius 3 is 1.00 bits per heavy atom. The molecule has 0 rings (SSSR count). The highest BCUT2D eigenvalue weighted by Gasteiger charge is 1.80. The van der Waals surface area contributed by atoms with Crippen LogP contribution >= 0.6 is 0 Å². The number of amides is 2. The Hall–Kier alpha value is -1.22. The maximum atomic E-state index is 9.47. The highest BCUT2D eigenvalue weighted by atomic mass is 16.1. The number of primary amides is 2. The minimum absolute atomic E-state index is 0.0556. The second-order valence-corrected chi connectivity index (χ2v) is 2.98. The number of rotatable bonds is 6. The van der Waals surface area contributed by atoms with Crippen molar-refractivity contribution in [2.24, 2.45) is 34.4 Å². The Morgan fingerprint density at radius 2 is 0.882 bits per heavy atom. The summed E-state index contributed by atoms with van der Waals surface area (Å²) in [7, 11) is 0. The molecule has 0 atom stereocenters. The van der Waals surface area contributed by atoms with Gasteiger partial charge in [0.1, 0.15) is 0 Å². The van der Waals surface area contributed by atoms with Crippen molar-refractivity contribution in [1.82, 2.24) is 0 Å². The number of unbranched alkanes of at least 4 members (excludes halogenated alkanes) is 2. The van der Waals surface area contributed by atoms with Crippen LogP contribution in [0.15, 0.2) is 0 Å². The lowest BCUT2D eigenvalue weighted by molar-refractivity contribution is -0.117. The van der Waals surface area contributed by atoms with Gasteiger partial charge in [-0.05, 0) is 25.9 Å². The molecule has 0 unspecified atom stereocenters. The molecule has 12 N–H and O–H groups in total. The van der Waals surface area contributed by atoms with E-state index in [0.29, 0.717) is 0 Å². The summed E-state index contributed by atoms with van der Waals surface area (Å²) in [6.07, 6.45) is 3.43. The smallest absolute Gasteiger partial charge is 0.231 e. The standard InChI is InChI=1S/C5H14N2.2C2H6N2O/c6-4-2-1-3-5-7;2*3-1-2(4)5/h1-7H2;2*1,3H2,(H2,4,5). The summed E-state index contributed by atoms with van der Waals surface area (Å²) >= 11 is 0. The van der Waals surface area contributed by atoms with E-state index in [1.54, 1.807) is 0 Å². The predicted octanol–water partition coefficient (Wildman–Crippen LogP) is -3.07. The van der Waals surface area contributed by atoms with Crippen LogP contribution in [0.3, 0.4) is 0 Å². The van der Waals surface area contributed by atoms with E-state index in [1.165, 1.54) is 6.42 Å². The number of carbonyl (C=O) groups is 2. The quantitative estimate of drug-likeness (QED) is 0.271. The lowest BCUT2D eigenvalue weighted by Crippen LogP contribution is -2.21. The second kappa shape index (κ2) is 20.2. The molecule has 17 heavy (non-hydrogen) atoms. The van der Waals surface area contributed by atoms with Gasteiger partial charge in [-0.1, -0.05) is 6.42 Å². The van der Waals surface area contributed by atoms with Gasteiger partial charge in [0, 0.05) is 0 Å². The maximum absolute atomic E-state index is 9.47. The molecule has 0 aromatic rings. The molecule has 0 bridgehead atoms. The molecule has 0 aliphatic carbocycles. The first kappa shape index (κ1) is 21.1. The van der Waals surface area contributed by atoms with Crippen LogP contribution in [0.4, 0.5) is 0 Å². The van der Waals surface area contributed by atoms with Crippen LogP contribution in [-0.2, 0) is 9.59 Å². The van der Waals surface area contributed by atoms with Gasteiger partial charge < -0.3 is 34.4 Å². The van der Waals surface area contributed by atoms with Crippen molar-refractivity contribution in [1.29, 1.82) is 0 Å². The van der Waals surface area contributed by atoms with Gasteiger partial charge in [-0.3, -0.25) is 9.59 Å². The summed E-state index contributed by atoms with van der Waals surface area (Å²) in [6.45, 7) is 1.50. The van der Waals surface area contributed by atoms with E-state index >= 15 is 0 Å². The van der Waals surface area contributed by atoms with Gasteiger partial charge in [0.2, 0.25) is 11.8 Å². The van der Waals surface area contributed by atoms with Crippen LogP contribution in [0.25, 0.3) is 0 Å². The third-order valence-corrected chi connectivity index (χ3v) is 1.31. The second-order valence-electron chi connectivity index (χ2n) is 2.98. The Morgan fingerprint density at radius 1 is 0.647 bits per heavy atom. The predicted molar refractivity (Wildman–Crippen MR) is 68.5 cm³/mol. The normalized spacial score (nSPS) is 8.24. The first-order valence-corrected chi connectivity index (χ1v) is 5.33. The zero-order valence-electron chi connectivity index (χ0n) is 10.2. The molecule has 8 heteroatoms. The van der Waals surface area contributed by atoms with E-state index in [2.05, 4.69) is 11.5 Å². The molecule has 0 fully saturated rings. The van der Waals surface area contributed by atoms with Gasteiger partial charge >= 0.3 is 0 Å². The van der Waals surface area contributed by atoms with Crippen LogP contribution in [0.2, 0.25) is 0 Å². The minimum Gasteiger partial charge on any atom is -0.369 e. The first-order chi connectivity index (χ1) is 7.95. The van der Waals surface area contributed by atoms with Crippen molar-refractivity contribution < 1.29 is 9.59 Å². The van der Waals surface area contributed by atoms with Gasteiger partial charge in [0.15, 0.2) is 0 Å². The fraction of sp³-hybridized carbons (Fsp3) is 0.778. The highest BCUT2D eigenvalue weighted by Crippen LogP contribution is 1.88. The van der Waals surface area contributed by atoms with Gasteiger partial charge in [0.25, 0.3) is 0 Å². The van der Waals surface area contributed by atoms with Gasteiger partial charge in [-0.15, -0.1) is 0 Å². The summed E-state index contributed by atoms with van der Waals surface area (Å²) in [5, 5.41) is 0. The molecular weight excluding hydrogens is 224 g/mol. The van der Waals surface area contributed by atoms with E-state index in [0.717, 1.165) is 25.9 Å². The molecule has 8 nitrogen and oxygen atoms in total. The average Bonchev–Trinajstić information content (AvgIpc) is 2.31. The molecule has 0 heterocycles. The van der Waals surface area contributed by atoms with E-state index in [-0.39, 0.29) is 13.1 Å². The minimum atomic E-state index is -0.468. The fourth-order valence-corrected chi connectivity index (χ4v) is 0.465. The summed E-state index contributed by atoms with van der Waals surface area (Å²) in [4.78, 5) is 18.9. The molecule has 0 saturated heterocycles. The van der Waals surface area contributed by atoms with Crippen LogP contribution < -0.4 is 34.4 Å². The van der Waals surface area contributed by atoms with Crippen LogP contribution in [0.5, 0.6) is 0 Å². The molecule has 0 aliphatic rings. The third kappa shape index (κ3) is 52.5. The summed E-state index contributed by atoms with van der Waals surface area (Å²) < 4.78 is 0. The van der Waals surface area contributed by atoms with Crippen LogP contribution in [0.1, 0.15) is 19.3 Å². The summed E-state index contributed by atoms with van der Waals surface area (Å²) in [5.41, 5.74) is 28.9. The monoisotopic (exact) mass is 250 g/mol. The van der Waals surface area contributed by atoms with Crippen LogP contribution in [0, 0.1) is 0 Å². The number of carbonyl (C=O) groups excluding carboxylic acids is 2. The van der Waals surface area contributed by atoms with Crippen molar-refractivity contribution in [3.05, 3.63) is 0 Å². The van der Waals surface area contributed by atoms with E-state index in [9.17, 15) is 9.59 Å². The Bertz CT molecular complexity index is 159. The topological polar surface area (TPSA) is 190 Å². The zero-order valence-corrected chi connectivity index (χ0v) is 10.2. The molecular formula is C9H26N6O2. The maximum Gasteiger partial charge on any atom is 0.231 e. The summed E-state index contributed by atoms with van der Waals surface area (Å²) in [6, 6.07) is 0. The Balaban J connectivity index is -0.000000177. The fourth-order valence-electron chi connectivity index (χ4n) is 0.465. The van der Waals surface area contributed by atoms with Crippen molar-refractivity contribution in [2.75, 3.05) is 26.2 Å². The molecule has 2 amide bonds. The lowest BCUT2D eigenvalue weighted by Gasteiger charge is -1.91. The molecule has 0 radical (unpaired) electrons. The van der Waals surface area contributed by atoms with Crippen LogP contribution in [-0.4, -0.2) is 38.0 Å². The van der Waals surface area contributed by atoms with E-state index in [1.807, 2.05) is 0 Å². The van der Waals surface area contributed by atoms with E-state index < -0.39 is 11.8 Å². The largest absolute Gasteiger partial charge is 0.369 e. The zero-order chi connectivity index (χ0) is 14.1. The molecule has 0 aromatic carbocycles. The Kier molecular flexibility index (Phi) is 25.1. The van der Waals surface area contributed by atoms with Crippen molar-refractivity contribution in [2.45, 2.75) is 19.3 Å². The Labute approximate surface area is 102 Å². The molecule has 0 aromatic heterocycles. The number of hydrogen-bond acceptors (Lipinski definition) is 6. The lowest BCUT2D eigenvalue weighted by atomic mass is 10.2. The first-order valence-electron chi connectivity index (χ1n) is 5.33. The van der Waals surface area contributed by atoms with Crippen molar-refractivity contribution in [3.8, 4) is 0 Å². The average molecular weight is 250 g/mol. The van der Waals surface area contributed by atoms with Gasteiger partial charge in [-0.25, -0.2) is 0 Å². The SMILES string of the molecule is NCC(N)=O.NCC(N)=O.NCCCCCN. The number of nitrogens with two attached hydrogens (primary N) is 6. The van der Waals surface area contributed by atoms with Crippen molar-refractivity contribution in [3.63, 3.8) is 0 Å². The van der Waals surface area contributed by atoms with Crippen molar-refractivity contribution >= 4 is 11.8 Å². The van der Waals surface area contributed by atoms with E-state index in [4.69, 9.17) is 22.9 Å². The summed E-state index contributed by atoms with van der Waals surface area (Å²) in [5.74, 6) is -0.935. The molecule has 0 aliphatic heterocycles. The third-order valence-electron chi connectivity index (χ3n) is 1.31. The molecule has 104 valence electrons. The molecule has 0 spiro atoms. The highest BCUT2D eigenvalue weighted by molar-refractivity contribution is 5.75. The molecule has 0 saturated carbocycles. The van der Waals surface area contributed by atoms with Gasteiger partial charge in [0.05, 0.1) is 13.1 Å². The van der Waals surface area contributed by atoms with Gasteiger partial charge in [-0.2, -0.15) is 0 Å². The number of hydrogen-bond donors (Lipinski definition) is 6.